The Balaban J connectivity index is 1.66. The van der Waals surface area contributed by atoms with Crippen molar-refractivity contribution in [1.82, 2.24) is 4.98 Å². The number of sulfonamides is 1. The van der Waals surface area contributed by atoms with Crippen molar-refractivity contribution in [2.45, 2.75) is 18.7 Å². The molecule has 0 amide bonds. The summed E-state index contributed by atoms with van der Waals surface area (Å²) in [5, 5.41) is 0. The van der Waals surface area contributed by atoms with Crippen LogP contribution < -0.4 is 4.72 Å². The number of carbonyl (C=O) groups is 2. The molecule has 0 saturated carbocycles. The lowest BCUT2D eigenvalue weighted by atomic mass is 10.2. The third-order valence-corrected chi connectivity index (χ3v) is 5.76. The summed E-state index contributed by atoms with van der Waals surface area (Å²) in [5.41, 5.74) is 2.34. The number of aryl methyl sites for hydroxylation is 2. The Morgan fingerprint density at radius 3 is 2.41 bits per heavy atom. The number of hydrogen-bond donors (Lipinski definition) is 2. The lowest BCUT2D eigenvalue weighted by Gasteiger charge is -2.11. The first-order valence-electron chi connectivity index (χ1n) is 8.80. The van der Waals surface area contributed by atoms with E-state index < -0.39 is 16.0 Å². The van der Waals surface area contributed by atoms with Crippen molar-refractivity contribution < 1.29 is 22.7 Å². The van der Waals surface area contributed by atoms with Gasteiger partial charge in [-0.1, -0.05) is 12.1 Å². The predicted octanol–water partition coefficient (Wildman–Crippen LogP) is 3.47. The number of ketones is 1. The SMILES string of the molecule is Cc1ccc(C)c(S(=O)(=O)Nc2ccc(C(=O)OCC(=O)c3ccc[nH]3)cc2)c1. The Hall–Kier alpha value is -3.39. The molecule has 3 rings (SSSR count). The van der Waals surface area contributed by atoms with Crippen LogP contribution in [-0.4, -0.2) is 31.8 Å². The van der Waals surface area contributed by atoms with Crippen molar-refractivity contribution in [2.75, 3.05) is 11.3 Å². The highest BCUT2D eigenvalue weighted by Gasteiger charge is 2.18. The number of H-pyrrole nitrogens is 1. The number of nitrogens with one attached hydrogen (secondary N) is 2. The van der Waals surface area contributed by atoms with Crippen molar-refractivity contribution in [3.63, 3.8) is 0 Å². The molecule has 0 bridgehead atoms. The quantitative estimate of drug-likeness (QED) is 0.457. The first kappa shape index (κ1) is 20.3. The predicted molar refractivity (Wildman–Crippen MR) is 109 cm³/mol. The van der Waals surface area contributed by atoms with Crippen LogP contribution in [0.5, 0.6) is 0 Å². The number of esters is 1. The average Bonchev–Trinajstić information content (AvgIpc) is 3.23. The van der Waals surface area contributed by atoms with Gasteiger partial charge in [-0.2, -0.15) is 0 Å². The number of carbonyl (C=O) groups excluding carboxylic acids is 2. The van der Waals surface area contributed by atoms with E-state index in [2.05, 4.69) is 9.71 Å². The van der Waals surface area contributed by atoms with E-state index in [1.807, 2.05) is 13.0 Å². The molecule has 0 aliphatic heterocycles. The molecule has 0 fully saturated rings. The Labute approximate surface area is 168 Å². The van der Waals surface area contributed by atoms with Crippen LogP contribution in [-0.2, 0) is 14.8 Å². The van der Waals surface area contributed by atoms with Crippen LogP contribution in [0.1, 0.15) is 32.0 Å². The second kappa shape index (κ2) is 8.32. The molecule has 2 aromatic carbocycles. The molecule has 1 heterocycles. The molecule has 150 valence electrons. The van der Waals surface area contributed by atoms with Crippen LogP contribution in [0.25, 0.3) is 0 Å². The van der Waals surface area contributed by atoms with Gasteiger partial charge in [-0.05, 0) is 67.4 Å². The summed E-state index contributed by atoms with van der Waals surface area (Å²) >= 11 is 0. The highest BCUT2D eigenvalue weighted by atomic mass is 32.2. The van der Waals surface area contributed by atoms with Gasteiger partial charge in [-0.15, -0.1) is 0 Å². The zero-order chi connectivity index (χ0) is 21.0. The van der Waals surface area contributed by atoms with E-state index in [1.165, 1.54) is 24.3 Å². The van der Waals surface area contributed by atoms with Crippen molar-refractivity contribution in [3.8, 4) is 0 Å². The van der Waals surface area contributed by atoms with E-state index in [-0.39, 0.29) is 22.8 Å². The number of ether oxygens (including phenoxy) is 1. The van der Waals surface area contributed by atoms with E-state index in [0.717, 1.165) is 5.56 Å². The normalized spacial score (nSPS) is 11.1. The molecule has 1 aromatic heterocycles. The molecular weight excluding hydrogens is 392 g/mol. The number of rotatable bonds is 7. The Bertz CT molecular complexity index is 1130. The van der Waals surface area contributed by atoms with E-state index in [1.54, 1.807) is 37.4 Å². The third kappa shape index (κ3) is 4.91. The molecule has 0 aliphatic rings. The molecule has 2 N–H and O–H groups in total. The number of hydrogen-bond acceptors (Lipinski definition) is 5. The molecule has 3 aromatic rings. The van der Waals surface area contributed by atoms with Gasteiger partial charge in [0.25, 0.3) is 10.0 Å². The number of aromatic nitrogens is 1. The van der Waals surface area contributed by atoms with E-state index in [9.17, 15) is 18.0 Å². The van der Waals surface area contributed by atoms with Gasteiger partial charge in [0.05, 0.1) is 16.2 Å². The first-order chi connectivity index (χ1) is 13.8. The van der Waals surface area contributed by atoms with E-state index in [4.69, 9.17) is 4.74 Å². The van der Waals surface area contributed by atoms with Gasteiger partial charge in [0.1, 0.15) is 0 Å². The van der Waals surface area contributed by atoms with Crippen LogP contribution in [0.15, 0.2) is 65.7 Å². The Kier molecular flexibility index (Phi) is 5.84. The van der Waals surface area contributed by atoms with Gasteiger partial charge >= 0.3 is 5.97 Å². The van der Waals surface area contributed by atoms with Crippen molar-refractivity contribution in [3.05, 3.63) is 83.2 Å². The standard InChI is InChI=1S/C21H20N2O5S/c1-14-5-6-15(2)20(12-14)29(26,27)23-17-9-7-16(8-10-17)21(25)28-13-19(24)18-4-3-11-22-18/h3-12,22-23H,13H2,1-2H3. The molecular formula is C21H20N2O5S. The summed E-state index contributed by atoms with van der Waals surface area (Å²) in [7, 11) is -3.76. The number of Topliss-reactive ketones (excluding diaryl/α,β-unsaturated/α-hetero) is 1. The Morgan fingerprint density at radius 2 is 1.76 bits per heavy atom. The summed E-state index contributed by atoms with van der Waals surface area (Å²) in [6.07, 6.45) is 1.60. The van der Waals surface area contributed by atoms with E-state index in [0.29, 0.717) is 16.9 Å². The summed E-state index contributed by atoms with van der Waals surface area (Å²) in [6.45, 7) is 3.15. The molecule has 0 atom stereocenters. The van der Waals surface area contributed by atoms with Gasteiger partial charge in [0, 0.05) is 11.9 Å². The number of anilines is 1. The minimum absolute atomic E-state index is 0.198. The number of aromatic amines is 1. The summed E-state index contributed by atoms with van der Waals surface area (Å²) in [6, 6.07) is 14.3. The minimum Gasteiger partial charge on any atom is -0.454 e. The van der Waals surface area contributed by atoms with Crippen LogP contribution in [0.2, 0.25) is 0 Å². The van der Waals surface area contributed by atoms with Gasteiger partial charge in [0.2, 0.25) is 5.78 Å². The van der Waals surface area contributed by atoms with Crippen molar-refractivity contribution in [1.29, 1.82) is 0 Å². The molecule has 7 nitrogen and oxygen atoms in total. The lowest BCUT2D eigenvalue weighted by molar-refractivity contribution is 0.0473. The van der Waals surface area contributed by atoms with E-state index >= 15 is 0 Å². The van der Waals surface area contributed by atoms with Gasteiger partial charge in [-0.25, -0.2) is 13.2 Å². The fourth-order valence-corrected chi connectivity index (χ4v) is 4.07. The largest absolute Gasteiger partial charge is 0.454 e. The zero-order valence-corrected chi connectivity index (χ0v) is 16.7. The van der Waals surface area contributed by atoms with Gasteiger partial charge < -0.3 is 9.72 Å². The summed E-state index contributed by atoms with van der Waals surface area (Å²) in [4.78, 5) is 26.9. The van der Waals surface area contributed by atoms with Crippen LogP contribution in [0.4, 0.5) is 5.69 Å². The first-order valence-corrected chi connectivity index (χ1v) is 10.3. The fraction of sp³-hybridized carbons (Fsp3) is 0.143. The van der Waals surface area contributed by atoms with Crippen LogP contribution in [0.3, 0.4) is 0 Å². The maximum atomic E-state index is 12.6. The fourth-order valence-electron chi connectivity index (χ4n) is 2.68. The maximum absolute atomic E-state index is 12.6. The molecule has 8 heteroatoms. The highest BCUT2D eigenvalue weighted by Crippen LogP contribution is 2.21. The maximum Gasteiger partial charge on any atom is 0.338 e. The summed E-state index contributed by atoms with van der Waals surface area (Å²) in [5.74, 6) is -1.02. The second-order valence-electron chi connectivity index (χ2n) is 6.53. The topological polar surface area (TPSA) is 105 Å². The van der Waals surface area contributed by atoms with Crippen molar-refractivity contribution in [2.24, 2.45) is 0 Å². The molecule has 0 spiro atoms. The molecule has 0 saturated heterocycles. The molecule has 29 heavy (non-hydrogen) atoms. The smallest absolute Gasteiger partial charge is 0.338 e. The van der Waals surface area contributed by atoms with Gasteiger partial charge in [0.15, 0.2) is 6.61 Å². The zero-order valence-electron chi connectivity index (χ0n) is 15.9. The van der Waals surface area contributed by atoms with Crippen LogP contribution >= 0.6 is 0 Å². The van der Waals surface area contributed by atoms with Crippen molar-refractivity contribution >= 4 is 27.5 Å². The minimum atomic E-state index is -3.76. The molecule has 0 unspecified atom stereocenters. The Morgan fingerprint density at radius 1 is 1.03 bits per heavy atom. The molecule has 0 radical (unpaired) electrons. The average molecular weight is 412 g/mol. The third-order valence-electron chi connectivity index (χ3n) is 4.24. The highest BCUT2D eigenvalue weighted by molar-refractivity contribution is 7.92. The van der Waals surface area contributed by atoms with Crippen LogP contribution in [0, 0.1) is 13.8 Å². The lowest BCUT2D eigenvalue weighted by Crippen LogP contribution is -2.15. The molecule has 0 aliphatic carbocycles. The summed E-state index contributed by atoms with van der Waals surface area (Å²) < 4.78 is 32.8. The number of benzene rings is 2. The second-order valence-corrected chi connectivity index (χ2v) is 8.19. The monoisotopic (exact) mass is 412 g/mol. The van der Waals surface area contributed by atoms with Gasteiger partial charge in [-0.3, -0.25) is 9.52 Å².